The van der Waals surface area contributed by atoms with Gasteiger partial charge in [0.1, 0.15) is 12.6 Å². The van der Waals surface area contributed by atoms with Crippen LogP contribution in [0.5, 0.6) is 0 Å². The minimum absolute atomic E-state index is 0.581. The number of hydrogen-bond donors (Lipinski definition) is 0. The molecule has 0 amide bonds. The van der Waals surface area contributed by atoms with Crippen LogP contribution in [0.2, 0.25) is 0 Å². The van der Waals surface area contributed by atoms with Crippen molar-refractivity contribution in [2.75, 3.05) is 0 Å². The van der Waals surface area contributed by atoms with Crippen LogP contribution in [-0.4, -0.2) is 12.6 Å². The van der Waals surface area contributed by atoms with Gasteiger partial charge in [0.05, 0.1) is 0 Å². The van der Waals surface area contributed by atoms with Crippen molar-refractivity contribution in [3.8, 4) is 11.8 Å². The lowest BCUT2D eigenvalue weighted by Crippen LogP contribution is -2.08. The number of aryl methyl sites for hydroxylation is 1. The van der Waals surface area contributed by atoms with Gasteiger partial charge in [0.15, 0.2) is 0 Å². The highest BCUT2D eigenvalue weighted by Crippen LogP contribution is 2.22. The highest BCUT2D eigenvalue weighted by atomic mass is 16.1. The monoisotopic (exact) mass is 971 g/mol. The van der Waals surface area contributed by atoms with Gasteiger partial charge in [-0.1, -0.05) is 283 Å². The van der Waals surface area contributed by atoms with Crippen molar-refractivity contribution >= 4 is 24.7 Å². The van der Waals surface area contributed by atoms with Crippen molar-refractivity contribution in [1.29, 1.82) is 0 Å². The number of hydrogen-bond acceptors (Lipinski definition) is 2. The van der Waals surface area contributed by atoms with Crippen molar-refractivity contribution in [2.24, 2.45) is 29.6 Å². The fraction of sp³-hybridized carbons (Fsp3) is 0.618. The van der Waals surface area contributed by atoms with E-state index in [0.717, 1.165) is 44.2 Å². The Labute approximate surface area is 442 Å². The molecule has 0 spiro atoms. The average Bonchev–Trinajstić information content (AvgIpc) is 3.36. The maximum absolute atomic E-state index is 9.77. The normalized spacial score (nSPS) is 13.4. The molecule has 3 rings (SSSR count). The summed E-state index contributed by atoms with van der Waals surface area (Å²) in [6, 6.07) is 17.4. The Kier molecular flexibility index (Phi) is 82.1. The molecular weight excluding hydrogens is 849 g/mol. The van der Waals surface area contributed by atoms with Gasteiger partial charge in [-0.05, 0) is 114 Å². The summed E-state index contributed by atoms with van der Waals surface area (Å²) in [4.78, 5) is 18.6. The Bertz CT molecular complexity index is 1510. The van der Waals surface area contributed by atoms with Crippen LogP contribution >= 0.6 is 0 Å². The molecule has 0 radical (unpaired) electrons. The third kappa shape index (κ3) is 68.3. The second kappa shape index (κ2) is 69.3. The Hall–Kier alpha value is -3.96. The molecule has 0 fully saturated rings. The minimum Gasteiger partial charge on any atom is -0.304 e. The molecule has 0 N–H and O–H groups in total. The van der Waals surface area contributed by atoms with Gasteiger partial charge in [-0.15, -0.1) is 5.92 Å². The number of benzene rings is 2. The maximum atomic E-state index is 9.77. The van der Waals surface area contributed by atoms with E-state index in [4.69, 9.17) is 4.79 Å². The quantitative estimate of drug-likeness (QED) is 0.0586. The molecule has 0 aromatic heterocycles. The number of carbonyl (C=O) groups excluding carboxylic acids is 2. The highest BCUT2D eigenvalue weighted by molar-refractivity contribution is 5.69. The van der Waals surface area contributed by atoms with Crippen LogP contribution in [-0.2, 0) is 16.0 Å². The van der Waals surface area contributed by atoms with E-state index < -0.39 is 0 Å². The second-order valence-electron chi connectivity index (χ2n) is 17.8. The molecule has 406 valence electrons. The average molecular weight is 972 g/mol. The molecule has 0 saturated carbocycles. The van der Waals surface area contributed by atoms with E-state index in [1.165, 1.54) is 97.3 Å². The molecule has 2 aromatic rings. The number of rotatable bonds is 15. The van der Waals surface area contributed by atoms with E-state index >= 15 is 0 Å². The van der Waals surface area contributed by atoms with E-state index in [0.29, 0.717) is 23.7 Å². The first-order chi connectivity index (χ1) is 33.4. The summed E-state index contributed by atoms with van der Waals surface area (Å²) in [7, 11) is 0. The minimum atomic E-state index is 0.581. The molecule has 0 heterocycles. The van der Waals surface area contributed by atoms with Crippen LogP contribution in [0.15, 0.2) is 96.1 Å². The van der Waals surface area contributed by atoms with Crippen LogP contribution < -0.4 is 0 Å². The lowest BCUT2D eigenvalue weighted by molar-refractivity contribution is -0.108. The largest absolute Gasteiger partial charge is 0.304 e. The molecule has 4 unspecified atom stereocenters. The summed E-state index contributed by atoms with van der Waals surface area (Å²) in [5.41, 5.74) is 9.49. The lowest BCUT2D eigenvalue weighted by atomic mass is 9.87. The number of unbranched alkanes of at least 4 members (excludes halogenated alkanes) is 1. The van der Waals surface area contributed by atoms with Crippen molar-refractivity contribution < 1.29 is 9.59 Å². The highest BCUT2D eigenvalue weighted by Gasteiger charge is 2.12. The molecule has 2 aromatic carbocycles. The van der Waals surface area contributed by atoms with Crippen molar-refractivity contribution in [3.63, 3.8) is 0 Å². The molecule has 2 nitrogen and oxygen atoms in total. The van der Waals surface area contributed by atoms with E-state index in [9.17, 15) is 4.79 Å². The van der Waals surface area contributed by atoms with E-state index in [1.54, 1.807) is 0 Å². The van der Waals surface area contributed by atoms with Crippen molar-refractivity contribution in [1.82, 2.24) is 0 Å². The van der Waals surface area contributed by atoms with Crippen molar-refractivity contribution in [3.05, 3.63) is 118 Å². The third-order valence-corrected chi connectivity index (χ3v) is 10.0. The Morgan fingerprint density at radius 1 is 0.729 bits per heavy atom. The predicted molar refractivity (Wildman–Crippen MR) is 329 cm³/mol. The topological polar surface area (TPSA) is 34.1 Å². The summed E-state index contributed by atoms with van der Waals surface area (Å²) < 4.78 is 0. The van der Waals surface area contributed by atoms with Gasteiger partial charge < -0.3 is 9.59 Å². The predicted octanol–water partition coefficient (Wildman–Crippen LogP) is 22.8. The van der Waals surface area contributed by atoms with Crippen LogP contribution in [0, 0.1) is 48.4 Å². The molecule has 1 aliphatic rings. The molecule has 70 heavy (non-hydrogen) atoms. The van der Waals surface area contributed by atoms with E-state index in [2.05, 4.69) is 216 Å². The molecular formula is C68H122O2. The maximum Gasteiger partial charge on any atom is 0.120 e. The number of aldehydes is 2. The summed E-state index contributed by atoms with van der Waals surface area (Å²) >= 11 is 0. The molecule has 2 heteroatoms. The third-order valence-electron chi connectivity index (χ3n) is 10.0. The smallest absolute Gasteiger partial charge is 0.120 e. The Morgan fingerprint density at radius 3 is 1.49 bits per heavy atom. The van der Waals surface area contributed by atoms with Gasteiger partial charge in [0.25, 0.3) is 0 Å². The van der Waals surface area contributed by atoms with Gasteiger partial charge in [0, 0.05) is 18.8 Å². The van der Waals surface area contributed by atoms with Gasteiger partial charge in [-0.25, -0.2) is 0 Å². The molecule has 1 aliphatic carbocycles. The zero-order valence-corrected chi connectivity index (χ0v) is 51.6. The van der Waals surface area contributed by atoms with Crippen LogP contribution in [0.4, 0.5) is 0 Å². The van der Waals surface area contributed by atoms with Crippen LogP contribution in [0.1, 0.15) is 259 Å². The van der Waals surface area contributed by atoms with E-state index in [-0.39, 0.29) is 0 Å². The first kappa shape index (κ1) is 82.9. The van der Waals surface area contributed by atoms with Crippen LogP contribution in [0.3, 0.4) is 0 Å². The molecule has 4 atom stereocenters. The molecule has 0 bridgehead atoms. The van der Waals surface area contributed by atoms with Crippen LogP contribution in [0.25, 0.3) is 12.2 Å². The SMILES string of the molecule is C=C/C=C\C(C)=C(\C)C(C)CC.CC.CC.CC.CC=O.CCC.CCC(C)CC=O.CCC=C(C)C.CCCC.CCCC1C#CCC(C)C1.Cc1ccc(/C=C/c2ccc(CC(C)C)cc2)cc1. The molecule has 0 saturated heterocycles. The second-order valence-corrected chi connectivity index (χ2v) is 17.8. The van der Waals surface area contributed by atoms with Gasteiger partial charge >= 0.3 is 0 Å². The van der Waals surface area contributed by atoms with Gasteiger partial charge in [-0.2, -0.15) is 0 Å². The van der Waals surface area contributed by atoms with Crippen molar-refractivity contribution in [2.45, 2.75) is 250 Å². The molecule has 0 aliphatic heterocycles. The van der Waals surface area contributed by atoms with Gasteiger partial charge in [-0.3, -0.25) is 0 Å². The number of carbonyl (C=O) groups is 2. The van der Waals surface area contributed by atoms with E-state index in [1.807, 2.05) is 53.7 Å². The summed E-state index contributed by atoms with van der Waals surface area (Å²) in [6.07, 6.45) is 28.5. The summed E-state index contributed by atoms with van der Waals surface area (Å²) in [5, 5.41) is 0. The first-order valence-electron chi connectivity index (χ1n) is 28.2. The Balaban J connectivity index is -0.000000111. The lowest BCUT2D eigenvalue weighted by Gasteiger charge is -2.17. The standard InChI is InChI=1S/C19H22.C12H20.C10H16.C6H12O.C6H12.C4H10.C3H8.C2H4O.3C2H6/c1-15(2)14-19-12-10-18(11-13-19)9-8-17-6-4-16(3)5-7-17;1-6-8-9-11(4)12(5)10(3)7-2;1-3-5-10-7-4-6-9(2)8-10;1-3-6(2)4-5-7;1-4-5-6(2)3;1-3-4-2;1-3-2;1-2-3;3*1-2/h4-13,15H,14H2,1-3H3;6,8-10H,1,7H2,2-5H3;9-10H,3,5-6,8H2,1-2H3;5-6H,3-4H2,1-2H3;5H,4H2,1-3H3;3-4H2,1-2H3;3H2,1-2H3;2H,1H3;3*1-2H3/b9-8+;9-8-,12-11-;;;;;;;;;. The Morgan fingerprint density at radius 2 is 1.19 bits per heavy atom. The van der Waals surface area contributed by atoms with Gasteiger partial charge in [0.2, 0.25) is 0 Å². The fourth-order valence-electron chi connectivity index (χ4n) is 5.43. The fourth-order valence-corrected chi connectivity index (χ4v) is 5.43. The zero-order chi connectivity index (χ0) is 56.1. The zero-order valence-electron chi connectivity index (χ0n) is 51.6. The number of allylic oxidation sites excluding steroid dienone is 7. The first-order valence-corrected chi connectivity index (χ1v) is 28.2. The summed E-state index contributed by atoms with van der Waals surface area (Å²) in [6.45, 7) is 56.3. The summed E-state index contributed by atoms with van der Waals surface area (Å²) in [5.74, 6) is 10.1.